The molecule has 23 heavy (non-hydrogen) atoms. The molecule has 3 aromatic rings. The molecule has 120 valence electrons. The van der Waals surface area contributed by atoms with Gasteiger partial charge in [-0.1, -0.05) is 13.0 Å². The molecule has 0 radical (unpaired) electrons. The topological polar surface area (TPSA) is 75.2 Å². The van der Waals surface area contributed by atoms with Crippen LogP contribution in [-0.2, 0) is 4.74 Å². The number of ether oxygens (including phenoxy) is 1. The molecule has 0 aliphatic rings. The maximum absolute atomic E-state index is 11.3. The minimum atomic E-state index is -1.01. The molecule has 5 heteroatoms. The number of aromatic amines is 1. The Bertz CT molecular complexity index is 883. The third kappa shape index (κ3) is 2.68. The van der Waals surface area contributed by atoms with Gasteiger partial charge in [0.1, 0.15) is 0 Å². The monoisotopic (exact) mass is 312 g/mol. The fraction of sp³-hybridized carbons (Fsp3) is 0.333. The first-order chi connectivity index (χ1) is 11.0. The van der Waals surface area contributed by atoms with Crippen LogP contribution >= 0.6 is 0 Å². The van der Waals surface area contributed by atoms with Crippen LogP contribution in [0.1, 0.15) is 48.0 Å². The third-order valence-corrected chi connectivity index (χ3v) is 4.15. The van der Waals surface area contributed by atoms with Crippen molar-refractivity contribution in [3.8, 4) is 0 Å². The van der Waals surface area contributed by atoms with Gasteiger partial charge in [0.2, 0.25) is 0 Å². The van der Waals surface area contributed by atoms with Gasteiger partial charge >= 0.3 is 5.97 Å². The zero-order chi connectivity index (χ0) is 16.6. The Labute approximate surface area is 134 Å². The van der Waals surface area contributed by atoms with Crippen molar-refractivity contribution in [3.63, 3.8) is 0 Å². The van der Waals surface area contributed by atoms with Gasteiger partial charge in [-0.05, 0) is 43.5 Å². The van der Waals surface area contributed by atoms with E-state index in [1.54, 1.807) is 13.1 Å². The summed E-state index contributed by atoms with van der Waals surface area (Å²) >= 11 is 0. The number of benzene rings is 1. The minimum Gasteiger partial charge on any atom is -0.477 e. The molecule has 1 unspecified atom stereocenters. The Balaban J connectivity index is 2.18. The summed E-state index contributed by atoms with van der Waals surface area (Å²) in [6, 6.07) is 6.13. The SMILES string of the molecule is CCCOC(C)c1ccc2[nH]c3cnc(C(=O)O)c(C)c3c2c1. The summed E-state index contributed by atoms with van der Waals surface area (Å²) in [7, 11) is 0. The van der Waals surface area contributed by atoms with Gasteiger partial charge in [0, 0.05) is 22.9 Å². The average molecular weight is 312 g/mol. The van der Waals surface area contributed by atoms with E-state index in [1.165, 1.54) is 0 Å². The highest BCUT2D eigenvalue weighted by molar-refractivity contribution is 6.10. The summed E-state index contributed by atoms with van der Waals surface area (Å²) < 4.78 is 5.79. The summed E-state index contributed by atoms with van der Waals surface area (Å²) in [5.74, 6) is -1.01. The van der Waals surface area contributed by atoms with Crippen molar-refractivity contribution in [2.24, 2.45) is 0 Å². The molecule has 0 saturated heterocycles. The van der Waals surface area contributed by atoms with Gasteiger partial charge in [0.25, 0.3) is 0 Å². The number of rotatable bonds is 5. The van der Waals surface area contributed by atoms with E-state index in [4.69, 9.17) is 4.74 Å². The molecular weight excluding hydrogens is 292 g/mol. The Morgan fingerprint density at radius 2 is 2.17 bits per heavy atom. The number of fused-ring (bicyclic) bond motifs is 3. The molecule has 2 N–H and O–H groups in total. The van der Waals surface area contributed by atoms with Crippen LogP contribution in [0.3, 0.4) is 0 Å². The summed E-state index contributed by atoms with van der Waals surface area (Å²) in [5, 5.41) is 11.2. The van der Waals surface area contributed by atoms with E-state index in [9.17, 15) is 9.90 Å². The number of carboxylic acids is 1. The van der Waals surface area contributed by atoms with E-state index in [0.717, 1.165) is 40.4 Å². The lowest BCUT2D eigenvalue weighted by molar-refractivity contribution is 0.0663. The maximum Gasteiger partial charge on any atom is 0.354 e. The van der Waals surface area contributed by atoms with E-state index in [1.807, 2.05) is 19.1 Å². The predicted molar refractivity (Wildman–Crippen MR) is 90.0 cm³/mol. The molecule has 0 aliphatic heterocycles. The summed E-state index contributed by atoms with van der Waals surface area (Å²) in [6.07, 6.45) is 2.57. The lowest BCUT2D eigenvalue weighted by Gasteiger charge is -2.13. The second-order valence-corrected chi connectivity index (χ2v) is 5.77. The molecule has 0 saturated carbocycles. The number of carbonyl (C=O) groups is 1. The van der Waals surface area contributed by atoms with Crippen molar-refractivity contribution in [2.75, 3.05) is 6.61 Å². The lowest BCUT2D eigenvalue weighted by Crippen LogP contribution is -2.03. The second kappa shape index (κ2) is 6.01. The van der Waals surface area contributed by atoms with Crippen molar-refractivity contribution >= 4 is 27.8 Å². The van der Waals surface area contributed by atoms with E-state index >= 15 is 0 Å². The van der Waals surface area contributed by atoms with Crippen molar-refractivity contribution in [1.82, 2.24) is 9.97 Å². The number of nitrogens with one attached hydrogen (secondary N) is 1. The second-order valence-electron chi connectivity index (χ2n) is 5.77. The predicted octanol–water partition coefficient (Wildman–Crippen LogP) is 4.21. The molecule has 0 bridgehead atoms. The molecule has 0 spiro atoms. The molecule has 1 atom stereocenters. The Morgan fingerprint density at radius 1 is 1.39 bits per heavy atom. The van der Waals surface area contributed by atoms with Gasteiger partial charge in [-0.3, -0.25) is 0 Å². The summed E-state index contributed by atoms with van der Waals surface area (Å²) in [4.78, 5) is 18.7. The molecule has 0 aliphatic carbocycles. The third-order valence-electron chi connectivity index (χ3n) is 4.15. The van der Waals surface area contributed by atoms with E-state index in [0.29, 0.717) is 5.56 Å². The lowest BCUT2D eigenvalue weighted by atomic mass is 10.0. The van der Waals surface area contributed by atoms with Crippen LogP contribution in [0.4, 0.5) is 0 Å². The van der Waals surface area contributed by atoms with Crippen LogP contribution in [0.15, 0.2) is 24.4 Å². The quantitative estimate of drug-likeness (QED) is 0.740. The fourth-order valence-corrected chi connectivity index (χ4v) is 2.93. The minimum absolute atomic E-state index is 0.00499. The molecular formula is C18H20N2O3. The zero-order valence-corrected chi connectivity index (χ0v) is 13.5. The number of aromatic nitrogens is 2. The Kier molecular flexibility index (Phi) is 4.05. The number of pyridine rings is 1. The van der Waals surface area contributed by atoms with E-state index < -0.39 is 5.97 Å². The van der Waals surface area contributed by atoms with E-state index in [-0.39, 0.29) is 11.8 Å². The van der Waals surface area contributed by atoms with Gasteiger partial charge in [-0.15, -0.1) is 0 Å². The number of hydrogen-bond acceptors (Lipinski definition) is 3. The van der Waals surface area contributed by atoms with Crippen LogP contribution in [0, 0.1) is 6.92 Å². The van der Waals surface area contributed by atoms with Crippen LogP contribution in [-0.4, -0.2) is 27.7 Å². The van der Waals surface area contributed by atoms with Crippen LogP contribution < -0.4 is 0 Å². The maximum atomic E-state index is 11.3. The van der Waals surface area contributed by atoms with Crippen molar-refractivity contribution in [1.29, 1.82) is 0 Å². The van der Waals surface area contributed by atoms with Crippen molar-refractivity contribution < 1.29 is 14.6 Å². The van der Waals surface area contributed by atoms with Gasteiger partial charge in [-0.25, -0.2) is 9.78 Å². The molecule has 1 aromatic carbocycles. The largest absolute Gasteiger partial charge is 0.477 e. The number of aryl methyl sites for hydroxylation is 1. The van der Waals surface area contributed by atoms with Gasteiger partial charge < -0.3 is 14.8 Å². The van der Waals surface area contributed by atoms with E-state index in [2.05, 4.69) is 23.0 Å². The highest BCUT2D eigenvalue weighted by atomic mass is 16.5. The zero-order valence-electron chi connectivity index (χ0n) is 13.5. The molecule has 5 nitrogen and oxygen atoms in total. The smallest absolute Gasteiger partial charge is 0.354 e. The molecule has 0 fully saturated rings. The van der Waals surface area contributed by atoms with Gasteiger partial charge in [-0.2, -0.15) is 0 Å². The highest BCUT2D eigenvalue weighted by Gasteiger charge is 2.16. The fourth-order valence-electron chi connectivity index (χ4n) is 2.93. The first kappa shape index (κ1) is 15.5. The van der Waals surface area contributed by atoms with Crippen molar-refractivity contribution in [2.45, 2.75) is 33.3 Å². The number of aromatic carboxylic acids is 1. The Morgan fingerprint density at radius 3 is 2.87 bits per heavy atom. The van der Waals surface area contributed by atoms with Crippen LogP contribution in [0.5, 0.6) is 0 Å². The molecule has 3 rings (SSSR count). The first-order valence-corrected chi connectivity index (χ1v) is 7.78. The average Bonchev–Trinajstić information content (AvgIpc) is 2.90. The normalized spacial score (nSPS) is 12.8. The number of hydrogen-bond donors (Lipinski definition) is 2. The Hall–Kier alpha value is -2.40. The number of nitrogens with zero attached hydrogens (tertiary/aromatic N) is 1. The van der Waals surface area contributed by atoms with Crippen LogP contribution in [0.25, 0.3) is 21.8 Å². The number of carboxylic acid groups (broad SMARTS) is 1. The number of H-pyrrole nitrogens is 1. The summed E-state index contributed by atoms with van der Waals surface area (Å²) in [6.45, 7) is 6.64. The molecule has 0 amide bonds. The standard InChI is InChI=1S/C18H20N2O3/c1-4-7-23-11(3)12-5-6-14-13(8-12)16-10(2)17(18(21)22)19-9-15(16)20-14/h5-6,8-9,11,20H,4,7H2,1-3H3,(H,21,22). The first-order valence-electron chi connectivity index (χ1n) is 7.78. The molecule has 2 heterocycles. The summed E-state index contributed by atoms with van der Waals surface area (Å²) in [5.41, 5.74) is 3.68. The van der Waals surface area contributed by atoms with Gasteiger partial charge in [0.05, 0.1) is 17.8 Å². The van der Waals surface area contributed by atoms with Crippen LogP contribution in [0.2, 0.25) is 0 Å². The van der Waals surface area contributed by atoms with Gasteiger partial charge in [0.15, 0.2) is 5.69 Å². The molecule has 2 aromatic heterocycles. The highest BCUT2D eigenvalue weighted by Crippen LogP contribution is 2.31. The van der Waals surface area contributed by atoms with Crippen molar-refractivity contribution in [3.05, 3.63) is 41.2 Å².